The summed E-state index contributed by atoms with van der Waals surface area (Å²) < 4.78 is 13.5. The summed E-state index contributed by atoms with van der Waals surface area (Å²) in [6, 6.07) is 4.30. The van der Waals surface area contributed by atoms with Crippen LogP contribution in [-0.4, -0.2) is 29.1 Å². The molecule has 1 aromatic rings. The second kappa shape index (κ2) is 6.57. The molecule has 0 aliphatic rings. The minimum Gasteiger partial charge on any atom is -0.480 e. The van der Waals surface area contributed by atoms with E-state index >= 15 is 0 Å². The first-order chi connectivity index (χ1) is 8.02. The number of rotatable bonds is 6. The molecule has 1 N–H and O–H groups in total. The lowest BCUT2D eigenvalue weighted by atomic mass is 10.2. The molecule has 0 aliphatic carbocycles. The minimum absolute atomic E-state index is 0.0974. The van der Waals surface area contributed by atoms with Gasteiger partial charge in [0.1, 0.15) is 5.82 Å². The van der Waals surface area contributed by atoms with Crippen molar-refractivity contribution in [2.75, 3.05) is 13.1 Å². The zero-order valence-corrected chi connectivity index (χ0v) is 10.4. The summed E-state index contributed by atoms with van der Waals surface area (Å²) in [5.41, 5.74) is 0.423. The van der Waals surface area contributed by atoms with Crippen LogP contribution in [0.5, 0.6) is 0 Å². The van der Waals surface area contributed by atoms with Crippen molar-refractivity contribution in [2.24, 2.45) is 0 Å². The zero-order chi connectivity index (χ0) is 12.8. The van der Waals surface area contributed by atoms with Crippen molar-refractivity contribution < 1.29 is 14.3 Å². The summed E-state index contributed by atoms with van der Waals surface area (Å²) >= 11 is 5.78. The molecule has 0 saturated carbocycles. The molecule has 0 aliphatic heterocycles. The first-order valence-electron chi connectivity index (χ1n) is 5.41. The smallest absolute Gasteiger partial charge is 0.317 e. The maximum atomic E-state index is 13.5. The summed E-state index contributed by atoms with van der Waals surface area (Å²) in [7, 11) is 0. The zero-order valence-electron chi connectivity index (χ0n) is 9.62. The fourth-order valence-electron chi connectivity index (χ4n) is 1.63. The average molecular weight is 260 g/mol. The third-order valence-corrected chi connectivity index (χ3v) is 2.54. The van der Waals surface area contributed by atoms with Crippen LogP contribution in [0.15, 0.2) is 18.2 Å². The van der Waals surface area contributed by atoms with E-state index in [1.807, 2.05) is 6.92 Å². The molecule has 5 heteroatoms. The van der Waals surface area contributed by atoms with Gasteiger partial charge in [-0.05, 0) is 31.2 Å². The van der Waals surface area contributed by atoms with Crippen molar-refractivity contribution in [1.29, 1.82) is 0 Å². The van der Waals surface area contributed by atoms with Crippen molar-refractivity contribution in [1.82, 2.24) is 4.90 Å². The Morgan fingerprint density at radius 3 is 2.82 bits per heavy atom. The molecule has 0 unspecified atom stereocenters. The maximum Gasteiger partial charge on any atom is 0.317 e. The van der Waals surface area contributed by atoms with Gasteiger partial charge in [-0.25, -0.2) is 4.39 Å². The van der Waals surface area contributed by atoms with Crippen LogP contribution in [0.3, 0.4) is 0 Å². The molecule has 0 amide bonds. The number of hydrogen-bond donors (Lipinski definition) is 1. The van der Waals surface area contributed by atoms with Crippen molar-refractivity contribution in [3.8, 4) is 0 Å². The normalized spacial score (nSPS) is 10.8. The Kier molecular flexibility index (Phi) is 5.38. The highest BCUT2D eigenvalue weighted by Crippen LogP contribution is 2.16. The average Bonchev–Trinajstić information content (AvgIpc) is 2.23. The highest BCUT2D eigenvalue weighted by atomic mass is 35.5. The van der Waals surface area contributed by atoms with Gasteiger partial charge < -0.3 is 5.11 Å². The molecule has 0 spiro atoms. The van der Waals surface area contributed by atoms with Crippen LogP contribution in [0, 0.1) is 5.82 Å². The lowest BCUT2D eigenvalue weighted by molar-refractivity contribution is -0.138. The van der Waals surface area contributed by atoms with Gasteiger partial charge in [0, 0.05) is 17.1 Å². The number of aliphatic carboxylic acids is 1. The number of nitrogens with zero attached hydrogens (tertiary/aromatic N) is 1. The van der Waals surface area contributed by atoms with Crippen LogP contribution in [0.1, 0.15) is 18.9 Å². The van der Waals surface area contributed by atoms with Gasteiger partial charge in [-0.15, -0.1) is 0 Å². The molecule has 17 heavy (non-hydrogen) atoms. The molecule has 0 atom stereocenters. The number of hydrogen-bond acceptors (Lipinski definition) is 2. The molecule has 1 aromatic carbocycles. The van der Waals surface area contributed by atoms with Gasteiger partial charge >= 0.3 is 5.97 Å². The Morgan fingerprint density at radius 1 is 1.53 bits per heavy atom. The van der Waals surface area contributed by atoms with E-state index in [9.17, 15) is 9.18 Å². The predicted molar refractivity (Wildman–Crippen MR) is 64.6 cm³/mol. The maximum absolute atomic E-state index is 13.5. The van der Waals surface area contributed by atoms with E-state index < -0.39 is 5.97 Å². The molecule has 0 radical (unpaired) electrons. The van der Waals surface area contributed by atoms with E-state index in [0.717, 1.165) is 6.42 Å². The molecular formula is C12H15ClFNO2. The number of carbonyl (C=O) groups is 1. The predicted octanol–water partition coefficient (Wildman–Crippen LogP) is 2.78. The summed E-state index contributed by atoms with van der Waals surface area (Å²) in [4.78, 5) is 12.3. The van der Waals surface area contributed by atoms with Crippen molar-refractivity contribution >= 4 is 17.6 Å². The SMILES string of the molecule is CCCN(CC(=O)O)Cc1cc(Cl)ccc1F. The van der Waals surface area contributed by atoms with Gasteiger partial charge in [-0.3, -0.25) is 9.69 Å². The van der Waals surface area contributed by atoms with Crippen LogP contribution < -0.4 is 0 Å². The fraction of sp³-hybridized carbons (Fsp3) is 0.417. The van der Waals surface area contributed by atoms with Gasteiger partial charge in [-0.1, -0.05) is 18.5 Å². The molecule has 0 bridgehead atoms. The van der Waals surface area contributed by atoms with E-state index in [4.69, 9.17) is 16.7 Å². The van der Waals surface area contributed by atoms with Crippen molar-refractivity contribution in [3.05, 3.63) is 34.6 Å². The number of carboxylic acid groups (broad SMARTS) is 1. The Morgan fingerprint density at radius 2 is 2.24 bits per heavy atom. The van der Waals surface area contributed by atoms with Gasteiger partial charge in [0.2, 0.25) is 0 Å². The topological polar surface area (TPSA) is 40.5 Å². The third kappa shape index (κ3) is 4.71. The summed E-state index contributed by atoms with van der Waals surface area (Å²) in [5, 5.41) is 9.20. The number of halogens is 2. The van der Waals surface area contributed by atoms with Gasteiger partial charge in [0.05, 0.1) is 6.54 Å². The Labute approximate surface area is 105 Å². The molecule has 0 fully saturated rings. The second-order valence-corrected chi connectivity index (χ2v) is 4.28. The monoisotopic (exact) mass is 259 g/mol. The summed E-state index contributed by atoms with van der Waals surface area (Å²) in [6.45, 7) is 2.72. The van der Waals surface area contributed by atoms with Gasteiger partial charge in [0.25, 0.3) is 0 Å². The van der Waals surface area contributed by atoms with Crippen molar-refractivity contribution in [3.63, 3.8) is 0 Å². The van der Waals surface area contributed by atoms with Gasteiger partial charge in [0.15, 0.2) is 0 Å². The van der Waals surface area contributed by atoms with E-state index in [-0.39, 0.29) is 18.9 Å². The van der Waals surface area contributed by atoms with E-state index in [0.29, 0.717) is 17.1 Å². The highest BCUT2D eigenvalue weighted by molar-refractivity contribution is 6.30. The van der Waals surface area contributed by atoms with Crippen LogP contribution in [0.4, 0.5) is 4.39 Å². The quantitative estimate of drug-likeness (QED) is 0.854. The molecular weight excluding hydrogens is 245 g/mol. The molecule has 0 heterocycles. The van der Waals surface area contributed by atoms with Gasteiger partial charge in [-0.2, -0.15) is 0 Å². The standard InChI is InChI=1S/C12H15ClFNO2/c1-2-5-15(8-12(16)17)7-9-6-10(13)3-4-11(9)14/h3-4,6H,2,5,7-8H2,1H3,(H,16,17). The second-order valence-electron chi connectivity index (χ2n) is 3.84. The number of benzene rings is 1. The summed E-state index contributed by atoms with van der Waals surface area (Å²) in [6.07, 6.45) is 0.815. The minimum atomic E-state index is -0.916. The first-order valence-corrected chi connectivity index (χ1v) is 5.78. The lowest BCUT2D eigenvalue weighted by Crippen LogP contribution is -2.30. The molecule has 94 valence electrons. The third-order valence-electron chi connectivity index (χ3n) is 2.30. The summed E-state index contributed by atoms with van der Waals surface area (Å²) in [5.74, 6) is -1.28. The Bertz CT molecular complexity index is 398. The van der Waals surface area contributed by atoms with E-state index in [2.05, 4.69) is 0 Å². The van der Waals surface area contributed by atoms with Crippen LogP contribution >= 0.6 is 11.6 Å². The fourth-order valence-corrected chi connectivity index (χ4v) is 1.82. The Balaban J connectivity index is 2.77. The molecule has 3 nitrogen and oxygen atoms in total. The van der Waals surface area contributed by atoms with E-state index in [1.54, 1.807) is 4.90 Å². The Hall–Kier alpha value is -1.13. The largest absolute Gasteiger partial charge is 0.480 e. The van der Waals surface area contributed by atoms with E-state index in [1.165, 1.54) is 18.2 Å². The van der Waals surface area contributed by atoms with Crippen LogP contribution in [0.2, 0.25) is 5.02 Å². The van der Waals surface area contributed by atoms with Crippen LogP contribution in [-0.2, 0) is 11.3 Å². The molecule has 0 saturated heterocycles. The molecule has 0 aromatic heterocycles. The first kappa shape index (κ1) is 13.9. The van der Waals surface area contributed by atoms with Crippen LogP contribution in [0.25, 0.3) is 0 Å². The lowest BCUT2D eigenvalue weighted by Gasteiger charge is -2.19. The molecule has 1 rings (SSSR count). The number of carboxylic acids is 1. The van der Waals surface area contributed by atoms with Crippen molar-refractivity contribution in [2.45, 2.75) is 19.9 Å². The highest BCUT2D eigenvalue weighted by Gasteiger charge is 2.12.